The lowest BCUT2D eigenvalue weighted by molar-refractivity contribution is 0.0520. The summed E-state index contributed by atoms with van der Waals surface area (Å²) in [6, 6.07) is 6.64. The zero-order chi connectivity index (χ0) is 12.4. The minimum atomic E-state index is -0.501. The van der Waals surface area contributed by atoms with Gasteiger partial charge in [-0.3, -0.25) is 4.79 Å². The molecule has 17 heavy (non-hydrogen) atoms. The highest BCUT2D eigenvalue weighted by Crippen LogP contribution is 2.17. The first-order valence-electron chi connectivity index (χ1n) is 5.21. The summed E-state index contributed by atoms with van der Waals surface area (Å²) >= 11 is 0. The molecule has 0 atom stereocenters. The summed E-state index contributed by atoms with van der Waals surface area (Å²) in [6.45, 7) is 2.06. The molecule has 0 saturated heterocycles. The SMILES string of the molecule is CCOC(=O)c1cc2ccc(C(N)=O)cc2[nH]1. The number of amides is 1. The van der Waals surface area contributed by atoms with Crippen molar-refractivity contribution >= 4 is 22.8 Å². The number of carbonyl (C=O) groups excluding carboxylic acids is 2. The minimum Gasteiger partial charge on any atom is -0.461 e. The number of nitrogens with one attached hydrogen (secondary N) is 1. The van der Waals surface area contributed by atoms with E-state index in [0.717, 1.165) is 5.39 Å². The van der Waals surface area contributed by atoms with Crippen LogP contribution in [-0.4, -0.2) is 23.5 Å². The van der Waals surface area contributed by atoms with Crippen molar-refractivity contribution in [2.45, 2.75) is 6.92 Å². The molecule has 5 heteroatoms. The Balaban J connectivity index is 2.43. The van der Waals surface area contributed by atoms with Crippen molar-refractivity contribution in [1.29, 1.82) is 0 Å². The molecule has 0 aliphatic heterocycles. The largest absolute Gasteiger partial charge is 0.461 e. The van der Waals surface area contributed by atoms with Gasteiger partial charge in [0.05, 0.1) is 6.61 Å². The van der Waals surface area contributed by atoms with E-state index < -0.39 is 11.9 Å². The van der Waals surface area contributed by atoms with Gasteiger partial charge in [0.25, 0.3) is 0 Å². The zero-order valence-electron chi connectivity index (χ0n) is 9.32. The quantitative estimate of drug-likeness (QED) is 0.785. The normalized spacial score (nSPS) is 10.4. The fourth-order valence-corrected chi connectivity index (χ4v) is 1.60. The first-order valence-corrected chi connectivity index (χ1v) is 5.21. The molecule has 0 radical (unpaired) electrons. The Morgan fingerprint density at radius 3 is 2.76 bits per heavy atom. The molecule has 0 bridgehead atoms. The molecule has 0 saturated carbocycles. The number of benzene rings is 1. The summed E-state index contributed by atoms with van der Waals surface area (Å²) in [6.07, 6.45) is 0. The van der Waals surface area contributed by atoms with Crippen LogP contribution in [0.15, 0.2) is 24.3 Å². The van der Waals surface area contributed by atoms with E-state index in [4.69, 9.17) is 10.5 Å². The Kier molecular flexibility index (Phi) is 2.82. The highest BCUT2D eigenvalue weighted by Gasteiger charge is 2.11. The lowest BCUT2D eigenvalue weighted by Gasteiger charge is -1.97. The van der Waals surface area contributed by atoms with Crippen LogP contribution in [0, 0.1) is 0 Å². The summed E-state index contributed by atoms with van der Waals surface area (Å²) in [5.41, 5.74) is 6.62. The molecule has 0 aliphatic rings. The van der Waals surface area contributed by atoms with Crippen LogP contribution < -0.4 is 5.73 Å². The number of H-pyrrole nitrogens is 1. The monoisotopic (exact) mass is 232 g/mol. The van der Waals surface area contributed by atoms with E-state index in [1.165, 1.54) is 0 Å². The van der Waals surface area contributed by atoms with Crippen molar-refractivity contribution in [1.82, 2.24) is 4.98 Å². The van der Waals surface area contributed by atoms with Crippen LogP contribution >= 0.6 is 0 Å². The number of nitrogens with two attached hydrogens (primary N) is 1. The maximum absolute atomic E-state index is 11.5. The molecule has 0 fully saturated rings. The average Bonchev–Trinajstić information content (AvgIpc) is 2.71. The number of esters is 1. The Morgan fingerprint density at radius 1 is 1.35 bits per heavy atom. The maximum atomic E-state index is 11.5. The van der Waals surface area contributed by atoms with Crippen LogP contribution in [0.5, 0.6) is 0 Å². The number of carbonyl (C=O) groups is 2. The number of aromatic amines is 1. The minimum absolute atomic E-state index is 0.320. The molecule has 1 amide bonds. The molecular formula is C12H12N2O3. The second-order valence-electron chi connectivity index (χ2n) is 3.57. The van der Waals surface area contributed by atoms with Crippen LogP contribution in [0.2, 0.25) is 0 Å². The molecule has 1 heterocycles. The van der Waals surface area contributed by atoms with Crippen LogP contribution in [0.1, 0.15) is 27.8 Å². The third-order valence-corrected chi connectivity index (χ3v) is 2.40. The lowest BCUT2D eigenvalue weighted by Crippen LogP contribution is -2.10. The first-order chi connectivity index (χ1) is 8.11. The number of hydrogen-bond acceptors (Lipinski definition) is 3. The van der Waals surface area contributed by atoms with Gasteiger partial charge in [-0.15, -0.1) is 0 Å². The molecule has 0 aliphatic carbocycles. The van der Waals surface area contributed by atoms with Gasteiger partial charge in [-0.25, -0.2) is 4.79 Å². The smallest absolute Gasteiger partial charge is 0.354 e. The van der Waals surface area contributed by atoms with Crippen LogP contribution in [0.4, 0.5) is 0 Å². The van der Waals surface area contributed by atoms with Gasteiger partial charge in [-0.05, 0) is 25.1 Å². The molecule has 0 unspecified atom stereocenters. The summed E-state index contributed by atoms with van der Waals surface area (Å²) in [5.74, 6) is -0.913. The number of fused-ring (bicyclic) bond motifs is 1. The third kappa shape index (κ3) is 2.13. The van der Waals surface area contributed by atoms with Crippen molar-refractivity contribution in [2.24, 2.45) is 5.73 Å². The Bertz CT molecular complexity index is 586. The second-order valence-corrected chi connectivity index (χ2v) is 3.57. The van der Waals surface area contributed by atoms with E-state index in [2.05, 4.69) is 4.98 Å². The highest BCUT2D eigenvalue weighted by molar-refractivity contribution is 5.99. The van der Waals surface area contributed by atoms with Crippen LogP contribution in [-0.2, 0) is 4.74 Å². The third-order valence-electron chi connectivity index (χ3n) is 2.40. The van der Waals surface area contributed by atoms with Gasteiger partial charge >= 0.3 is 5.97 Å². The van der Waals surface area contributed by atoms with Gasteiger partial charge < -0.3 is 15.5 Å². The van der Waals surface area contributed by atoms with E-state index in [1.54, 1.807) is 31.2 Å². The lowest BCUT2D eigenvalue weighted by atomic mass is 10.1. The summed E-state index contributed by atoms with van der Waals surface area (Å²) in [4.78, 5) is 25.4. The first kappa shape index (κ1) is 11.2. The topological polar surface area (TPSA) is 85.2 Å². The number of primary amides is 1. The molecule has 1 aromatic carbocycles. The Hall–Kier alpha value is -2.30. The molecule has 2 aromatic rings. The maximum Gasteiger partial charge on any atom is 0.354 e. The van der Waals surface area contributed by atoms with E-state index in [-0.39, 0.29) is 0 Å². The van der Waals surface area contributed by atoms with Crippen molar-refractivity contribution in [2.75, 3.05) is 6.61 Å². The van der Waals surface area contributed by atoms with Crippen LogP contribution in [0.3, 0.4) is 0 Å². The van der Waals surface area contributed by atoms with Gasteiger partial charge in [0, 0.05) is 16.5 Å². The average molecular weight is 232 g/mol. The standard InChI is InChI=1S/C12H12N2O3/c1-2-17-12(16)10-5-7-3-4-8(11(13)15)6-9(7)14-10/h3-6,14H,2H2,1H3,(H2,13,15). The molecule has 5 nitrogen and oxygen atoms in total. The molecule has 3 N–H and O–H groups in total. The summed E-state index contributed by atoms with van der Waals surface area (Å²) < 4.78 is 4.87. The number of rotatable bonds is 3. The fraction of sp³-hybridized carbons (Fsp3) is 0.167. The molecular weight excluding hydrogens is 220 g/mol. The molecule has 88 valence electrons. The van der Waals surface area contributed by atoms with Gasteiger partial charge in [0.2, 0.25) is 5.91 Å². The zero-order valence-corrected chi connectivity index (χ0v) is 9.32. The van der Waals surface area contributed by atoms with Gasteiger partial charge in [-0.2, -0.15) is 0 Å². The van der Waals surface area contributed by atoms with E-state index in [9.17, 15) is 9.59 Å². The van der Waals surface area contributed by atoms with E-state index in [1.807, 2.05) is 0 Å². The Morgan fingerprint density at radius 2 is 2.12 bits per heavy atom. The van der Waals surface area contributed by atoms with Crippen molar-refractivity contribution in [3.05, 3.63) is 35.5 Å². The van der Waals surface area contributed by atoms with E-state index >= 15 is 0 Å². The van der Waals surface area contributed by atoms with Gasteiger partial charge in [-0.1, -0.05) is 6.07 Å². The number of hydrogen-bond donors (Lipinski definition) is 2. The predicted molar refractivity (Wildman–Crippen MR) is 62.8 cm³/mol. The summed E-state index contributed by atoms with van der Waals surface area (Å²) in [5, 5.41) is 0.832. The van der Waals surface area contributed by atoms with Crippen molar-refractivity contribution in [3.63, 3.8) is 0 Å². The van der Waals surface area contributed by atoms with Crippen molar-refractivity contribution < 1.29 is 14.3 Å². The number of ether oxygens (including phenoxy) is 1. The van der Waals surface area contributed by atoms with Crippen LogP contribution in [0.25, 0.3) is 10.9 Å². The molecule has 0 spiro atoms. The fourth-order valence-electron chi connectivity index (χ4n) is 1.60. The second kappa shape index (κ2) is 4.29. The predicted octanol–water partition coefficient (Wildman–Crippen LogP) is 1.44. The van der Waals surface area contributed by atoms with E-state index in [0.29, 0.717) is 23.4 Å². The molecule has 2 rings (SSSR count). The van der Waals surface area contributed by atoms with Crippen molar-refractivity contribution in [3.8, 4) is 0 Å². The van der Waals surface area contributed by atoms with Gasteiger partial charge in [0.15, 0.2) is 0 Å². The molecule has 1 aromatic heterocycles. The number of aromatic nitrogens is 1. The summed E-state index contributed by atoms with van der Waals surface area (Å²) in [7, 11) is 0. The van der Waals surface area contributed by atoms with Gasteiger partial charge in [0.1, 0.15) is 5.69 Å². The highest BCUT2D eigenvalue weighted by atomic mass is 16.5. The Labute approximate surface area is 97.6 Å².